The van der Waals surface area contributed by atoms with Crippen molar-refractivity contribution in [3.05, 3.63) is 23.8 Å². The minimum atomic E-state index is -0.915. The maximum Gasteiger partial charge on any atom is 0.317 e. The molecule has 0 aromatic rings. The maximum absolute atomic E-state index is 12.5. The first-order chi connectivity index (χ1) is 9.26. The molecule has 2 rings (SSSR count). The molecule has 0 saturated heterocycles. The van der Waals surface area contributed by atoms with Gasteiger partial charge in [-0.05, 0) is 23.8 Å². The van der Waals surface area contributed by atoms with Gasteiger partial charge >= 0.3 is 11.9 Å². The molecule has 4 heteroatoms. The summed E-state index contributed by atoms with van der Waals surface area (Å²) < 4.78 is 10.0. The van der Waals surface area contributed by atoms with E-state index in [0.717, 1.165) is 5.57 Å². The predicted molar refractivity (Wildman–Crippen MR) is 74.8 cm³/mol. The summed E-state index contributed by atoms with van der Waals surface area (Å²) in [5.74, 6) is -0.708. The Kier molecular flexibility index (Phi) is 3.31. The molecule has 0 unspecified atom stereocenters. The first-order valence-corrected chi connectivity index (χ1v) is 6.82. The molecule has 2 atom stereocenters. The number of allylic oxidation sites excluding steroid dienone is 2. The highest BCUT2D eigenvalue weighted by atomic mass is 16.5. The Morgan fingerprint density at radius 2 is 1.60 bits per heavy atom. The van der Waals surface area contributed by atoms with Crippen molar-refractivity contribution in [2.45, 2.75) is 33.6 Å². The summed E-state index contributed by atoms with van der Waals surface area (Å²) in [5.41, 5.74) is -1.06. The van der Waals surface area contributed by atoms with Gasteiger partial charge in [-0.25, -0.2) is 0 Å². The summed E-state index contributed by atoms with van der Waals surface area (Å²) in [5, 5.41) is 0. The van der Waals surface area contributed by atoms with Gasteiger partial charge in [-0.15, -0.1) is 0 Å². The molecule has 4 nitrogen and oxygen atoms in total. The van der Waals surface area contributed by atoms with Crippen molar-refractivity contribution in [2.75, 3.05) is 14.2 Å². The average Bonchev–Trinajstić information content (AvgIpc) is 2.37. The second-order valence-electron chi connectivity index (χ2n) is 6.55. The Morgan fingerprint density at radius 1 is 1.05 bits per heavy atom. The number of ether oxygens (including phenoxy) is 2. The number of carbonyl (C=O) groups is 2. The van der Waals surface area contributed by atoms with Crippen LogP contribution >= 0.6 is 0 Å². The number of rotatable bonds is 2. The molecule has 0 radical (unpaired) electrons. The molecule has 0 fully saturated rings. The number of hydrogen-bond donors (Lipinski definition) is 0. The van der Waals surface area contributed by atoms with Gasteiger partial charge in [0.2, 0.25) is 0 Å². The molecule has 0 amide bonds. The summed E-state index contributed by atoms with van der Waals surface area (Å²) in [7, 11) is 2.73. The van der Waals surface area contributed by atoms with E-state index < -0.39 is 10.8 Å². The van der Waals surface area contributed by atoms with Crippen LogP contribution in [0.25, 0.3) is 0 Å². The van der Waals surface area contributed by atoms with E-state index in [2.05, 4.69) is 0 Å². The lowest BCUT2D eigenvalue weighted by atomic mass is 9.43. The maximum atomic E-state index is 12.5. The van der Waals surface area contributed by atoms with Crippen LogP contribution in [0.2, 0.25) is 0 Å². The van der Waals surface area contributed by atoms with Gasteiger partial charge in [0, 0.05) is 0 Å². The molecule has 0 aromatic carbocycles. The van der Waals surface area contributed by atoms with Crippen molar-refractivity contribution in [1.82, 2.24) is 0 Å². The van der Waals surface area contributed by atoms with Crippen molar-refractivity contribution >= 4 is 11.9 Å². The molecule has 0 N–H and O–H groups in total. The van der Waals surface area contributed by atoms with E-state index in [0.29, 0.717) is 12.8 Å². The lowest BCUT2D eigenvalue weighted by molar-refractivity contribution is -0.176. The third-order valence-corrected chi connectivity index (χ3v) is 4.53. The molecule has 0 heterocycles. The Morgan fingerprint density at radius 3 is 2.10 bits per heavy atom. The third kappa shape index (κ3) is 1.60. The lowest BCUT2D eigenvalue weighted by Gasteiger charge is -2.58. The Balaban J connectivity index is 2.65. The SMILES string of the molecule is COC(=O)[C@@]12CC=CC[C@]1(C(=O)OC)C=C2C(C)(C)C. The molecule has 2 aliphatic carbocycles. The number of hydrogen-bond acceptors (Lipinski definition) is 4. The molecule has 0 bridgehead atoms. The van der Waals surface area contributed by atoms with E-state index in [1.165, 1.54) is 14.2 Å². The van der Waals surface area contributed by atoms with Crippen LogP contribution in [0.5, 0.6) is 0 Å². The zero-order valence-corrected chi connectivity index (χ0v) is 12.8. The van der Waals surface area contributed by atoms with Gasteiger partial charge < -0.3 is 9.47 Å². The van der Waals surface area contributed by atoms with Crippen LogP contribution in [0.15, 0.2) is 23.8 Å². The fourth-order valence-corrected chi connectivity index (χ4v) is 3.61. The van der Waals surface area contributed by atoms with Crippen molar-refractivity contribution < 1.29 is 19.1 Å². The molecule has 0 saturated carbocycles. The first kappa shape index (κ1) is 14.8. The van der Waals surface area contributed by atoms with E-state index in [4.69, 9.17) is 9.47 Å². The number of fused-ring (bicyclic) bond motifs is 1. The van der Waals surface area contributed by atoms with Gasteiger partial charge in [-0.1, -0.05) is 39.0 Å². The second kappa shape index (κ2) is 4.47. The van der Waals surface area contributed by atoms with Crippen molar-refractivity contribution in [1.29, 1.82) is 0 Å². The molecule has 0 spiro atoms. The highest BCUT2D eigenvalue weighted by Crippen LogP contribution is 2.66. The van der Waals surface area contributed by atoms with Gasteiger partial charge in [0.05, 0.1) is 14.2 Å². The zero-order valence-electron chi connectivity index (χ0n) is 12.8. The van der Waals surface area contributed by atoms with Gasteiger partial charge in [0.1, 0.15) is 10.8 Å². The summed E-state index contributed by atoms with van der Waals surface area (Å²) in [6.45, 7) is 6.13. The van der Waals surface area contributed by atoms with Crippen LogP contribution in [-0.4, -0.2) is 26.2 Å². The van der Waals surface area contributed by atoms with Gasteiger partial charge in [0.15, 0.2) is 0 Å². The van der Waals surface area contributed by atoms with Crippen LogP contribution in [0.4, 0.5) is 0 Å². The van der Waals surface area contributed by atoms with Crippen LogP contribution in [-0.2, 0) is 19.1 Å². The molecule has 0 aliphatic heterocycles. The highest BCUT2D eigenvalue weighted by Gasteiger charge is 2.70. The Hall–Kier alpha value is -1.58. The minimum Gasteiger partial charge on any atom is -0.468 e. The minimum absolute atomic E-state index is 0.198. The largest absolute Gasteiger partial charge is 0.468 e. The number of methoxy groups -OCH3 is 2. The van der Waals surface area contributed by atoms with Gasteiger partial charge in [0.25, 0.3) is 0 Å². The predicted octanol–water partition coefficient (Wildman–Crippen LogP) is 2.64. The zero-order chi connectivity index (χ0) is 15.2. The normalized spacial score (nSPS) is 31.8. The third-order valence-electron chi connectivity index (χ3n) is 4.53. The summed E-state index contributed by atoms with van der Waals surface area (Å²) in [4.78, 5) is 24.9. The first-order valence-electron chi connectivity index (χ1n) is 6.82. The van der Waals surface area contributed by atoms with Crippen molar-refractivity contribution in [2.24, 2.45) is 16.2 Å². The number of esters is 2. The lowest BCUT2D eigenvalue weighted by Crippen LogP contribution is -2.62. The fraction of sp³-hybridized carbons (Fsp3) is 0.625. The van der Waals surface area contributed by atoms with E-state index in [-0.39, 0.29) is 17.4 Å². The topological polar surface area (TPSA) is 52.6 Å². The van der Waals surface area contributed by atoms with Crippen molar-refractivity contribution in [3.63, 3.8) is 0 Å². The van der Waals surface area contributed by atoms with Crippen LogP contribution in [0.1, 0.15) is 33.6 Å². The molecule has 20 heavy (non-hydrogen) atoms. The average molecular weight is 278 g/mol. The van der Waals surface area contributed by atoms with E-state index in [1.807, 2.05) is 39.0 Å². The molecule has 110 valence electrons. The fourth-order valence-electron chi connectivity index (χ4n) is 3.61. The highest BCUT2D eigenvalue weighted by molar-refractivity contribution is 5.97. The summed E-state index contributed by atoms with van der Waals surface area (Å²) >= 11 is 0. The molecule has 2 aliphatic rings. The molecular weight excluding hydrogens is 256 g/mol. The van der Waals surface area contributed by atoms with Crippen LogP contribution in [0, 0.1) is 16.2 Å². The van der Waals surface area contributed by atoms with Crippen LogP contribution in [0.3, 0.4) is 0 Å². The van der Waals surface area contributed by atoms with E-state index in [1.54, 1.807) is 0 Å². The van der Waals surface area contributed by atoms with E-state index in [9.17, 15) is 9.59 Å². The van der Waals surface area contributed by atoms with Gasteiger partial charge in [-0.3, -0.25) is 9.59 Å². The smallest absolute Gasteiger partial charge is 0.317 e. The van der Waals surface area contributed by atoms with Crippen LogP contribution < -0.4 is 0 Å². The standard InChI is InChI=1S/C16H22O4/c1-14(2,3)11-10-15(12(17)19-4)8-6-7-9-16(11,15)13(18)20-5/h6-7,10H,8-9H2,1-5H3/t15-,16+/m1/s1. The van der Waals surface area contributed by atoms with Gasteiger partial charge in [-0.2, -0.15) is 0 Å². The summed E-state index contributed by atoms with van der Waals surface area (Å²) in [6, 6.07) is 0. The number of carbonyl (C=O) groups excluding carboxylic acids is 2. The Labute approximate surface area is 119 Å². The molecule has 0 aromatic heterocycles. The van der Waals surface area contributed by atoms with Crippen molar-refractivity contribution in [3.8, 4) is 0 Å². The second-order valence-corrected chi connectivity index (χ2v) is 6.55. The summed E-state index contributed by atoms with van der Waals surface area (Å²) in [6.07, 6.45) is 6.77. The quantitative estimate of drug-likeness (QED) is 0.575. The Bertz CT molecular complexity index is 509. The van der Waals surface area contributed by atoms with E-state index >= 15 is 0 Å². The molecular formula is C16H22O4. The monoisotopic (exact) mass is 278 g/mol.